The van der Waals surface area contributed by atoms with Gasteiger partial charge in [0.15, 0.2) is 0 Å². The highest BCUT2D eigenvalue weighted by Crippen LogP contribution is 2.25. The minimum Gasteiger partial charge on any atom is -0.378 e. The quantitative estimate of drug-likeness (QED) is 0.340. The van der Waals surface area contributed by atoms with Gasteiger partial charge < -0.3 is 9.64 Å². The number of morpholine rings is 1. The number of aryl methyl sites for hydroxylation is 2. The highest BCUT2D eigenvalue weighted by atomic mass is 32.2. The van der Waals surface area contributed by atoms with Gasteiger partial charge in [0.05, 0.1) is 36.3 Å². The Hall–Kier alpha value is -3.51. The molecule has 0 aliphatic carbocycles. The number of non-ortho nitro benzene ring substituents is 1. The molecule has 1 saturated heterocycles. The van der Waals surface area contributed by atoms with Crippen LogP contribution in [0.4, 0.5) is 17.1 Å². The second-order valence-electron chi connectivity index (χ2n) is 8.01. The molecule has 2 aromatic rings. The molecule has 11 nitrogen and oxygen atoms in total. The van der Waals surface area contributed by atoms with Crippen molar-refractivity contribution in [2.45, 2.75) is 13.8 Å². The van der Waals surface area contributed by atoms with Crippen LogP contribution in [0.2, 0.25) is 0 Å². The van der Waals surface area contributed by atoms with Gasteiger partial charge in [-0.15, -0.1) is 0 Å². The normalized spacial score (nSPS) is 14.3. The fraction of sp³-hybridized carbons (Fsp3) is 0.364. The van der Waals surface area contributed by atoms with Crippen LogP contribution in [0.15, 0.2) is 41.5 Å². The molecule has 3 rings (SSSR count). The van der Waals surface area contributed by atoms with E-state index in [1.807, 2.05) is 24.8 Å². The molecule has 1 N–H and O–H groups in total. The monoisotopic (exact) mass is 489 g/mol. The number of sulfonamides is 1. The van der Waals surface area contributed by atoms with Gasteiger partial charge in [0, 0.05) is 36.5 Å². The van der Waals surface area contributed by atoms with Gasteiger partial charge in [-0.05, 0) is 43.2 Å². The van der Waals surface area contributed by atoms with Gasteiger partial charge in [0.25, 0.3) is 11.6 Å². The van der Waals surface area contributed by atoms with E-state index in [2.05, 4.69) is 10.5 Å². The molecule has 1 aliphatic heterocycles. The molecule has 0 spiro atoms. The van der Waals surface area contributed by atoms with Crippen molar-refractivity contribution < 1.29 is 22.9 Å². The lowest BCUT2D eigenvalue weighted by Crippen LogP contribution is -2.39. The van der Waals surface area contributed by atoms with Gasteiger partial charge in [-0.1, -0.05) is 6.07 Å². The first-order valence-electron chi connectivity index (χ1n) is 10.5. The lowest BCUT2D eigenvalue weighted by atomic mass is 10.1. The van der Waals surface area contributed by atoms with E-state index in [0.717, 1.165) is 27.4 Å². The van der Waals surface area contributed by atoms with Gasteiger partial charge in [-0.2, -0.15) is 5.10 Å². The number of amides is 1. The zero-order valence-electron chi connectivity index (χ0n) is 19.2. The first kappa shape index (κ1) is 25.1. The summed E-state index contributed by atoms with van der Waals surface area (Å²) in [6.45, 7) is 5.51. The SMILES string of the molecule is Cc1cc(C)cc(N(CC(=O)N/N=C\c2cc([N+](=O)[O-])ccc2N2CCOCC2)S(C)(=O)=O)c1. The molecule has 0 aromatic heterocycles. The average Bonchev–Trinajstić information content (AvgIpc) is 2.76. The lowest BCUT2D eigenvalue weighted by Gasteiger charge is -2.29. The van der Waals surface area contributed by atoms with Crippen LogP contribution < -0.4 is 14.6 Å². The number of ether oxygens (including phenoxy) is 1. The van der Waals surface area contributed by atoms with E-state index in [1.165, 1.54) is 18.3 Å². The van der Waals surface area contributed by atoms with Gasteiger partial charge in [-0.3, -0.25) is 19.2 Å². The van der Waals surface area contributed by atoms with E-state index in [9.17, 15) is 23.3 Å². The maximum absolute atomic E-state index is 12.5. The summed E-state index contributed by atoms with van der Waals surface area (Å²) in [6.07, 6.45) is 2.34. The molecule has 0 bridgehead atoms. The first-order chi connectivity index (χ1) is 16.0. The van der Waals surface area contributed by atoms with Crippen molar-refractivity contribution in [2.24, 2.45) is 5.10 Å². The smallest absolute Gasteiger partial charge is 0.270 e. The van der Waals surface area contributed by atoms with Crippen molar-refractivity contribution in [1.29, 1.82) is 0 Å². The molecule has 12 heteroatoms. The van der Waals surface area contributed by atoms with Crippen molar-refractivity contribution in [3.8, 4) is 0 Å². The number of hydrogen-bond donors (Lipinski definition) is 1. The average molecular weight is 490 g/mol. The Morgan fingerprint density at radius 3 is 2.44 bits per heavy atom. The summed E-state index contributed by atoms with van der Waals surface area (Å²) in [4.78, 5) is 25.3. The molecular weight excluding hydrogens is 462 g/mol. The molecule has 0 unspecified atom stereocenters. The summed E-state index contributed by atoms with van der Waals surface area (Å²) < 4.78 is 31.0. The number of anilines is 2. The predicted molar refractivity (Wildman–Crippen MR) is 130 cm³/mol. The number of carbonyl (C=O) groups excluding carboxylic acids is 1. The Balaban J connectivity index is 1.79. The standard InChI is InChI=1S/C22H27N5O6S/c1-16-10-17(2)12-20(11-16)26(34(3,31)32)15-22(28)24-23-14-18-13-19(27(29)30)4-5-21(18)25-6-8-33-9-7-25/h4-5,10-14H,6-9,15H2,1-3H3,(H,24,28)/b23-14-. The van der Waals surface area contributed by atoms with E-state index >= 15 is 0 Å². The Kier molecular flexibility index (Phi) is 7.84. The molecule has 1 heterocycles. The molecule has 2 aromatic carbocycles. The highest BCUT2D eigenvalue weighted by molar-refractivity contribution is 7.92. The maximum atomic E-state index is 12.5. The third-order valence-corrected chi connectivity index (χ3v) is 6.29. The second kappa shape index (κ2) is 10.6. The minimum atomic E-state index is -3.73. The van der Waals surface area contributed by atoms with Crippen molar-refractivity contribution in [2.75, 3.05) is 48.3 Å². The Labute approximate surface area is 198 Å². The maximum Gasteiger partial charge on any atom is 0.270 e. The number of nitrogens with zero attached hydrogens (tertiary/aromatic N) is 4. The molecule has 1 aliphatic rings. The summed E-state index contributed by atoms with van der Waals surface area (Å²) in [5.74, 6) is -0.654. The third kappa shape index (κ3) is 6.51. The van der Waals surface area contributed by atoms with E-state index in [0.29, 0.717) is 37.6 Å². The van der Waals surface area contributed by atoms with Crippen LogP contribution in [0, 0.1) is 24.0 Å². The van der Waals surface area contributed by atoms with E-state index < -0.39 is 27.4 Å². The van der Waals surface area contributed by atoms with Crippen LogP contribution in [-0.2, 0) is 19.6 Å². The fourth-order valence-corrected chi connectivity index (χ4v) is 4.53. The van der Waals surface area contributed by atoms with Gasteiger partial charge >= 0.3 is 0 Å². The number of nitro benzene ring substituents is 1. The topological polar surface area (TPSA) is 134 Å². The van der Waals surface area contributed by atoms with Crippen LogP contribution in [0.3, 0.4) is 0 Å². The predicted octanol–water partition coefficient (Wildman–Crippen LogP) is 1.96. The van der Waals surface area contributed by atoms with Crippen LogP contribution in [-0.4, -0.2) is 64.6 Å². The van der Waals surface area contributed by atoms with Crippen molar-refractivity contribution >= 4 is 39.2 Å². The van der Waals surface area contributed by atoms with Gasteiger partial charge in [0.1, 0.15) is 6.54 Å². The summed E-state index contributed by atoms with van der Waals surface area (Å²) in [5, 5.41) is 15.2. The highest BCUT2D eigenvalue weighted by Gasteiger charge is 2.21. The molecular formula is C22H27N5O6S. The van der Waals surface area contributed by atoms with Crippen molar-refractivity contribution in [3.63, 3.8) is 0 Å². The van der Waals surface area contributed by atoms with Gasteiger partial charge in [0.2, 0.25) is 10.0 Å². The molecule has 0 saturated carbocycles. The van der Waals surface area contributed by atoms with Crippen molar-refractivity contribution in [1.82, 2.24) is 5.43 Å². The van der Waals surface area contributed by atoms with Crippen LogP contribution in [0.1, 0.15) is 16.7 Å². The Bertz CT molecular complexity index is 1190. The summed E-state index contributed by atoms with van der Waals surface area (Å²) >= 11 is 0. The summed E-state index contributed by atoms with van der Waals surface area (Å²) in [5.41, 5.74) is 5.50. The van der Waals surface area contributed by atoms with Crippen LogP contribution in [0.5, 0.6) is 0 Å². The number of rotatable bonds is 8. The number of benzene rings is 2. The molecule has 0 radical (unpaired) electrons. The number of hydrogen-bond acceptors (Lipinski definition) is 8. The number of carbonyl (C=O) groups is 1. The van der Waals surface area contributed by atoms with Crippen LogP contribution in [0.25, 0.3) is 0 Å². The Morgan fingerprint density at radius 2 is 1.85 bits per heavy atom. The lowest BCUT2D eigenvalue weighted by molar-refractivity contribution is -0.384. The Morgan fingerprint density at radius 1 is 1.21 bits per heavy atom. The third-order valence-electron chi connectivity index (χ3n) is 5.15. The summed E-state index contributed by atoms with van der Waals surface area (Å²) in [6, 6.07) is 9.69. The van der Waals surface area contributed by atoms with Gasteiger partial charge in [-0.25, -0.2) is 13.8 Å². The molecule has 34 heavy (non-hydrogen) atoms. The van der Waals surface area contributed by atoms with E-state index in [1.54, 1.807) is 18.2 Å². The molecule has 1 amide bonds. The van der Waals surface area contributed by atoms with Crippen LogP contribution >= 0.6 is 0 Å². The summed E-state index contributed by atoms with van der Waals surface area (Å²) in [7, 11) is -3.73. The first-order valence-corrected chi connectivity index (χ1v) is 12.4. The molecule has 182 valence electrons. The zero-order chi connectivity index (χ0) is 24.9. The largest absolute Gasteiger partial charge is 0.378 e. The van der Waals surface area contributed by atoms with E-state index in [-0.39, 0.29) is 5.69 Å². The fourth-order valence-electron chi connectivity index (χ4n) is 3.69. The number of hydrazone groups is 1. The number of nitro groups is 1. The van der Waals surface area contributed by atoms with E-state index in [4.69, 9.17) is 4.74 Å². The zero-order valence-corrected chi connectivity index (χ0v) is 20.0. The number of nitrogens with one attached hydrogen (secondary N) is 1. The second-order valence-corrected chi connectivity index (χ2v) is 9.92. The molecule has 1 fully saturated rings. The van der Waals surface area contributed by atoms with Crippen molar-refractivity contribution in [3.05, 3.63) is 63.2 Å². The minimum absolute atomic E-state index is 0.108. The molecule has 0 atom stereocenters.